The number of unbranched alkanes of at least 4 members (excludes halogenated alkanes) is 3. The Bertz CT molecular complexity index is 474. The van der Waals surface area contributed by atoms with Crippen LogP contribution in [0.4, 0.5) is 5.69 Å². The van der Waals surface area contributed by atoms with Gasteiger partial charge in [-0.05, 0) is 25.0 Å². The maximum absolute atomic E-state index is 12.1. The summed E-state index contributed by atoms with van der Waals surface area (Å²) in [5, 5.41) is 2.88. The van der Waals surface area contributed by atoms with E-state index in [-0.39, 0.29) is 19.0 Å². The molecule has 1 aromatic carbocycles. The summed E-state index contributed by atoms with van der Waals surface area (Å²) in [6.07, 6.45) is 5.73. The molecular formula is C18H29NO2. The summed E-state index contributed by atoms with van der Waals surface area (Å²) in [5.74, 6) is 0.181. The summed E-state index contributed by atoms with van der Waals surface area (Å²) in [6.45, 7) is 6.09. The third-order valence-electron chi connectivity index (χ3n) is 3.75. The van der Waals surface area contributed by atoms with E-state index >= 15 is 0 Å². The highest BCUT2D eigenvalue weighted by Crippen LogP contribution is 2.16. The van der Waals surface area contributed by atoms with Crippen LogP contribution in [0.2, 0.25) is 0 Å². The molecule has 0 aliphatic carbocycles. The summed E-state index contributed by atoms with van der Waals surface area (Å²) < 4.78 is 0. The monoisotopic (exact) mass is 291 g/mol. The number of amides is 1. The normalized spacial score (nSPS) is 12.0. The van der Waals surface area contributed by atoms with Crippen molar-refractivity contribution in [3.63, 3.8) is 0 Å². The number of hydrogen-bond donors (Lipinski definition) is 1. The predicted molar refractivity (Wildman–Crippen MR) is 89.7 cm³/mol. The number of ketones is 1. The number of rotatable bonds is 9. The van der Waals surface area contributed by atoms with Crippen molar-refractivity contribution in [2.24, 2.45) is 5.92 Å². The Balaban J connectivity index is 0.00000441. The van der Waals surface area contributed by atoms with Gasteiger partial charge < -0.3 is 5.32 Å². The molecule has 1 rings (SSSR count). The van der Waals surface area contributed by atoms with Gasteiger partial charge in [0.05, 0.1) is 0 Å². The van der Waals surface area contributed by atoms with Crippen LogP contribution in [-0.2, 0) is 4.79 Å². The third-order valence-corrected chi connectivity index (χ3v) is 3.75. The molecule has 0 spiro atoms. The van der Waals surface area contributed by atoms with Crippen molar-refractivity contribution in [3.05, 3.63) is 29.8 Å². The second kappa shape index (κ2) is 9.32. The van der Waals surface area contributed by atoms with Crippen LogP contribution < -0.4 is 5.32 Å². The Morgan fingerprint density at radius 2 is 1.95 bits per heavy atom. The molecule has 0 aliphatic rings. The van der Waals surface area contributed by atoms with Gasteiger partial charge in [0.1, 0.15) is 0 Å². The van der Waals surface area contributed by atoms with Crippen LogP contribution in [0.3, 0.4) is 0 Å². The molecule has 0 fully saturated rings. The molecule has 0 bridgehead atoms. The maximum Gasteiger partial charge on any atom is 0.224 e. The summed E-state index contributed by atoms with van der Waals surface area (Å²) in [7, 11) is 0. The van der Waals surface area contributed by atoms with Gasteiger partial charge in [0.15, 0.2) is 5.78 Å². The van der Waals surface area contributed by atoms with Crippen molar-refractivity contribution >= 4 is 17.4 Å². The van der Waals surface area contributed by atoms with Crippen LogP contribution in [0.1, 0.15) is 71.1 Å². The first-order valence-electron chi connectivity index (χ1n) is 8.02. The topological polar surface area (TPSA) is 46.2 Å². The fourth-order valence-electron chi connectivity index (χ4n) is 2.16. The lowest BCUT2D eigenvalue weighted by Gasteiger charge is -2.10. The minimum Gasteiger partial charge on any atom is -0.326 e. The van der Waals surface area contributed by atoms with Gasteiger partial charge in [-0.2, -0.15) is 0 Å². The van der Waals surface area contributed by atoms with Crippen LogP contribution in [-0.4, -0.2) is 11.7 Å². The van der Waals surface area contributed by atoms with Gasteiger partial charge in [0, 0.05) is 25.0 Å². The van der Waals surface area contributed by atoms with Gasteiger partial charge in [-0.1, -0.05) is 52.2 Å². The van der Waals surface area contributed by atoms with Crippen molar-refractivity contribution < 1.29 is 11.0 Å². The molecule has 1 N–H and O–H groups in total. The Kier molecular flexibility index (Phi) is 7.73. The van der Waals surface area contributed by atoms with E-state index in [1.54, 1.807) is 6.07 Å². The van der Waals surface area contributed by atoms with E-state index in [2.05, 4.69) is 12.2 Å². The first kappa shape index (κ1) is 17.4. The van der Waals surface area contributed by atoms with E-state index in [1.165, 1.54) is 12.8 Å². The molecule has 1 unspecified atom stereocenters. The SMILES string of the molecule is CCCCCCC(=O)Nc1cccc(C(=O)C(C)CC)c1.[HH]. The molecule has 3 nitrogen and oxygen atoms in total. The number of carbonyl (C=O) groups excluding carboxylic acids is 2. The summed E-state index contributed by atoms with van der Waals surface area (Å²) in [5.41, 5.74) is 1.39. The largest absolute Gasteiger partial charge is 0.326 e. The molecule has 0 radical (unpaired) electrons. The number of anilines is 1. The Morgan fingerprint density at radius 1 is 1.19 bits per heavy atom. The first-order chi connectivity index (χ1) is 10.1. The van der Waals surface area contributed by atoms with E-state index in [0.29, 0.717) is 17.7 Å². The van der Waals surface area contributed by atoms with Crippen molar-refractivity contribution in [3.8, 4) is 0 Å². The molecule has 1 amide bonds. The molecule has 0 saturated heterocycles. The van der Waals surface area contributed by atoms with Crippen molar-refractivity contribution in [2.45, 2.75) is 59.3 Å². The molecule has 0 saturated carbocycles. The highest BCUT2D eigenvalue weighted by molar-refractivity contribution is 5.99. The van der Waals surface area contributed by atoms with Gasteiger partial charge in [-0.25, -0.2) is 0 Å². The molecule has 118 valence electrons. The van der Waals surface area contributed by atoms with Crippen LogP contribution in [0.25, 0.3) is 0 Å². The van der Waals surface area contributed by atoms with E-state index in [4.69, 9.17) is 0 Å². The second-order valence-electron chi connectivity index (χ2n) is 5.61. The van der Waals surface area contributed by atoms with E-state index in [9.17, 15) is 9.59 Å². The third kappa shape index (κ3) is 6.11. The molecule has 1 atom stereocenters. The Hall–Kier alpha value is -1.64. The molecule has 0 aliphatic heterocycles. The highest BCUT2D eigenvalue weighted by atomic mass is 16.1. The van der Waals surface area contributed by atoms with Gasteiger partial charge in [-0.3, -0.25) is 9.59 Å². The second-order valence-corrected chi connectivity index (χ2v) is 5.61. The van der Waals surface area contributed by atoms with Gasteiger partial charge in [-0.15, -0.1) is 0 Å². The highest BCUT2D eigenvalue weighted by Gasteiger charge is 2.13. The van der Waals surface area contributed by atoms with E-state index in [0.717, 1.165) is 19.3 Å². The number of benzene rings is 1. The van der Waals surface area contributed by atoms with Gasteiger partial charge >= 0.3 is 0 Å². The minimum absolute atomic E-state index is 0. The van der Waals surface area contributed by atoms with Crippen molar-refractivity contribution in [2.75, 3.05) is 5.32 Å². The lowest BCUT2D eigenvalue weighted by atomic mass is 9.97. The fraction of sp³-hybridized carbons (Fsp3) is 0.556. The molecular weight excluding hydrogens is 262 g/mol. The standard InChI is InChI=1S/C18H27NO2.H2/c1-4-6-7-8-12-17(20)19-16-11-9-10-15(13-16)18(21)14(3)5-2;/h9-11,13-14H,4-8,12H2,1-3H3,(H,19,20);1H. The zero-order valence-electron chi connectivity index (χ0n) is 13.4. The first-order valence-corrected chi connectivity index (χ1v) is 8.02. The van der Waals surface area contributed by atoms with Crippen LogP contribution in [0.5, 0.6) is 0 Å². The zero-order chi connectivity index (χ0) is 15.7. The zero-order valence-corrected chi connectivity index (χ0v) is 13.4. The number of nitrogens with one attached hydrogen (secondary N) is 1. The quantitative estimate of drug-likeness (QED) is 0.510. The average Bonchev–Trinajstić information content (AvgIpc) is 2.50. The molecule has 3 heteroatoms. The summed E-state index contributed by atoms with van der Waals surface area (Å²) in [4.78, 5) is 24.0. The minimum atomic E-state index is 0. The number of Topliss-reactive ketones (excluding diaryl/α,β-unsaturated/α-hetero) is 1. The summed E-state index contributed by atoms with van der Waals surface area (Å²) >= 11 is 0. The lowest BCUT2D eigenvalue weighted by molar-refractivity contribution is -0.116. The van der Waals surface area contributed by atoms with Crippen LogP contribution in [0, 0.1) is 5.92 Å². The van der Waals surface area contributed by atoms with Crippen LogP contribution in [0.15, 0.2) is 24.3 Å². The molecule has 1 aromatic rings. The number of hydrogen-bond acceptors (Lipinski definition) is 2. The van der Waals surface area contributed by atoms with E-state index < -0.39 is 0 Å². The fourth-order valence-corrected chi connectivity index (χ4v) is 2.16. The Morgan fingerprint density at radius 3 is 2.62 bits per heavy atom. The predicted octanol–water partition coefficient (Wildman–Crippen LogP) is 5.07. The van der Waals surface area contributed by atoms with Gasteiger partial charge in [0.2, 0.25) is 5.91 Å². The number of carbonyl (C=O) groups is 2. The van der Waals surface area contributed by atoms with Crippen molar-refractivity contribution in [1.29, 1.82) is 0 Å². The van der Waals surface area contributed by atoms with Crippen LogP contribution >= 0.6 is 0 Å². The average molecular weight is 291 g/mol. The molecule has 0 aromatic heterocycles. The van der Waals surface area contributed by atoms with E-state index in [1.807, 2.05) is 32.0 Å². The smallest absolute Gasteiger partial charge is 0.224 e. The maximum atomic E-state index is 12.1. The Labute approximate surface area is 129 Å². The van der Waals surface area contributed by atoms with Gasteiger partial charge in [0.25, 0.3) is 0 Å². The summed E-state index contributed by atoms with van der Waals surface area (Å²) in [6, 6.07) is 7.24. The lowest BCUT2D eigenvalue weighted by Crippen LogP contribution is -2.13. The molecule has 0 heterocycles. The van der Waals surface area contributed by atoms with Crippen molar-refractivity contribution in [1.82, 2.24) is 0 Å². The molecule has 21 heavy (non-hydrogen) atoms.